The number of amides is 1. The van der Waals surface area contributed by atoms with Crippen LogP contribution in [-0.2, 0) is 0 Å². The molecule has 1 amide bonds. The third kappa shape index (κ3) is 2.92. The van der Waals surface area contributed by atoms with Crippen molar-refractivity contribution in [1.82, 2.24) is 9.97 Å². The molecule has 0 atom stereocenters. The predicted molar refractivity (Wildman–Crippen MR) is 65.8 cm³/mol. The number of anilines is 2. The SMILES string of the molecule is Nc1ccnc(NC(=O)c2cccc(Cl)c2)n1. The molecule has 0 aliphatic carbocycles. The molecule has 1 aromatic heterocycles. The van der Waals surface area contributed by atoms with E-state index in [0.717, 1.165) is 0 Å². The molecule has 3 N–H and O–H groups in total. The van der Waals surface area contributed by atoms with E-state index in [1.165, 1.54) is 12.3 Å². The molecule has 0 fully saturated rings. The first-order chi connectivity index (χ1) is 8.15. The Morgan fingerprint density at radius 1 is 1.35 bits per heavy atom. The highest BCUT2D eigenvalue weighted by atomic mass is 35.5. The largest absolute Gasteiger partial charge is 0.384 e. The maximum absolute atomic E-state index is 11.8. The molecule has 0 bridgehead atoms. The van der Waals surface area contributed by atoms with Crippen LogP contribution < -0.4 is 11.1 Å². The molecule has 17 heavy (non-hydrogen) atoms. The molecule has 0 aliphatic rings. The van der Waals surface area contributed by atoms with Gasteiger partial charge >= 0.3 is 0 Å². The molecule has 1 aromatic carbocycles. The van der Waals surface area contributed by atoms with Crippen LogP contribution in [-0.4, -0.2) is 15.9 Å². The third-order valence-electron chi connectivity index (χ3n) is 1.99. The number of carbonyl (C=O) groups is 1. The average Bonchev–Trinajstić information content (AvgIpc) is 2.29. The van der Waals surface area contributed by atoms with Gasteiger partial charge in [0, 0.05) is 16.8 Å². The van der Waals surface area contributed by atoms with Gasteiger partial charge in [0.2, 0.25) is 5.95 Å². The van der Waals surface area contributed by atoms with Crippen LogP contribution in [0, 0.1) is 0 Å². The third-order valence-corrected chi connectivity index (χ3v) is 2.22. The summed E-state index contributed by atoms with van der Waals surface area (Å²) in [6.45, 7) is 0. The fourth-order valence-electron chi connectivity index (χ4n) is 1.24. The first kappa shape index (κ1) is 11.3. The van der Waals surface area contributed by atoms with Gasteiger partial charge in [-0.1, -0.05) is 17.7 Å². The van der Waals surface area contributed by atoms with E-state index >= 15 is 0 Å². The van der Waals surface area contributed by atoms with Crippen molar-refractivity contribution in [3.63, 3.8) is 0 Å². The molecular weight excluding hydrogens is 240 g/mol. The van der Waals surface area contributed by atoms with E-state index < -0.39 is 0 Å². The van der Waals surface area contributed by atoms with E-state index in [2.05, 4.69) is 15.3 Å². The van der Waals surface area contributed by atoms with Gasteiger partial charge < -0.3 is 5.73 Å². The number of hydrogen-bond donors (Lipinski definition) is 2. The van der Waals surface area contributed by atoms with Gasteiger partial charge in [0.25, 0.3) is 5.91 Å². The minimum absolute atomic E-state index is 0.162. The number of nitrogens with two attached hydrogens (primary N) is 1. The van der Waals surface area contributed by atoms with Crippen molar-refractivity contribution in [2.75, 3.05) is 11.1 Å². The summed E-state index contributed by atoms with van der Waals surface area (Å²) in [6.07, 6.45) is 1.47. The standard InChI is InChI=1S/C11H9ClN4O/c12-8-3-1-2-7(6-8)10(17)16-11-14-5-4-9(13)15-11/h1-6H,(H3,13,14,15,16,17). The number of carbonyl (C=O) groups excluding carboxylic acids is 1. The van der Waals surface area contributed by atoms with E-state index in [-0.39, 0.29) is 11.9 Å². The molecule has 2 aromatic rings. The van der Waals surface area contributed by atoms with Crippen molar-refractivity contribution < 1.29 is 4.79 Å². The van der Waals surface area contributed by atoms with Gasteiger partial charge in [-0.15, -0.1) is 0 Å². The first-order valence-corrected chi connectivity index (χ1v) is 5.18. The van der Waals surface area contributed by atoms with Crippen LogP contribution in [0.25, 0.3) is 0 Å². The Labute approximate surface area is 103 Å². The summed E-state index contributed by atoms with van der Waals surface area (Å²) in [7, 11) is 0. The minimum atomic E-state index is -0.335. The van der Waals surface area contributed by atoms with Gasteiger partial charge in [-0.25, -0.2) is 4.98 Å². The van der Waals surface area contributed by atoms with E-state index in [9.17, 15) is 4.79 Å². The second kappa shape index (κ2) is 4.80. The summed E-state index contributed by atoms with van der Waals surface area (Å²) in [5, 5.41) is 3.02. The molecule has 0 saturated heterocycles. The molecule has 5 nitrogen and oxygen atoms in total. The Morgan fingerprint density at radius 2 is 2.18 bits per heavy atom. The zero-order valence-corrected chi connectivity index (χ0v) is 9.48. The summed E-state index contributed by atoms with van der Waals surface area (Å²) in [5.74, 6) is 0.120. The van der Waals surface area contributed by atoms with Crippen LogP contribution in [0.4, 0.5) is 11.8 Å². The molecule has 6 heteroatoms. The smallest absolute Gasteiger partial charge is 0.258 e. The van der Waals surface area contributed by atoms with E-state index in [0.29, 0.717) is 16.4 Å². The van der Waals surface area contributed by atoms with Gasteiger partial charge in [0.05, 0.1) is 0 Å². The highest BCUT2D eigenvalue weighted by Gasteiger charge is 2.07. The topological polar surface area (TPSA) is 80.9 Å². The highest BCUT2D eigenvalue weighted by molar-refractivity contribution is 6.31. The van der Waals surface area contributed by atoms with Crippen molar-refractivity contribution in [3.8, 4) is 0 Å². The number of aromatic nitrogens is 2. The zero-order valence-electron chi connectivity index (χ0n) is 8.72. The number of benzene rings is 1. The quantitative estimate of drug-likeness (QED) is 0.851. The molecule has 0 spiro atoms. The van der Waals surface area contributed by atoms with E-state index in [4.69, 9.17) is 17.3 Å². The van der Waals surface area contributed by atoms with Gasteiger partial charge in [0.1, 0.15) is 5.82 Å². The summed E-state index contributed by atoms with van der Waals surface area (Å²) in [5.41, 5.74) is 5.91. The molecule has 86 valence electrons. The van der Waals surface area contributed by atoms with Gasteiger partial charge in [-0.05, 0) is 24.3 Å². The number of nitrogens with zero attached hydrogens (tertiary/aromatic N) is 2. The maximum Gasteiger partial charge on any atom is 0.258 e. The van der Waals surface area contributed by atoms with Crippen molar-refractivity contribution in [3.05, 3.63) is 47.1 Å². The zero-order chi connectivity index (χ0) is 12.3. The summed E-state index contributed by atoms with van der Waals surface area (Å²) in [4.78, 5) is 19.5. The van der Waals surface area contributed by atoms with Gasteiger partial charge in [0.15, 0.2) is 0 Å². The molecule has 0 unspecified atom stereocenters. The number of rotatable bonds is 2. The molecule has 0 radical (unpaired) electrons. The molecule has 1 heterocycles. The van der Waals surface area contributed by atoms with Crippen molar-refractivity contribution in [1.29, 1.82) is 0 Å². The number of hydrogen-bond acceptors (Lipinski definition) is 4. The van der Waals surface area contributed by atoms with Crippen molar-refractivity contribution >= 4 is 29.3 Å². The van der Waals surface area contributed by atoms with E-state index in [1.807, 2.05) is 0 Å². The Hall–Kier alpha value is -2.14. The van der Waals surface area contributed by atoms with Crippen molar-refractivity contribution in [2.24, 2.45) is 0 Å². The Balaban J connectivity index is 2.17. The Bertz CT molecular complexity index is 559. The second-order valence-electron chi connectivity index (χ2n) is 3.27. The van der Waals surface area contributed by atoms with Gasteiger partial charge in [-0.3, -0.25) is 10.1 Å². The van der Waals surface area contributed by atoms with Crippen LogP contribution in [0.2, 0.25) is 5.02 Å². The lowest BCUT2D eigenvalue weighted by molar-refractivity contribution is 0.102. The van der Waals surface area contributed by atoms with Gasteiger partial charge in [-0.2, -0.15) is 4.98 Å². The molecule has 0 saturated carbocycles. The molecular formula is C11H9ClN4O. The van der Waals surface area contributed by atoms with Crippen LogP contribution in [0.15, 0.2) is 36.5 Å². The Kier molecular flexibility index (Phi) is 3.20. The van der Waals surface area contributed by atoms with Crippen LogP contribution in [0.1, 0.15) is 10.4 Å². The highest BCUT2D eigenvalue weighted by Crippen LogP contribution is 2.12. The fourth-order valence-corrected chi connectivity index (χ4v) is 1.43. The summed E-state index contributed by atoms with van der Waals surface area (Å²) < 4.78 is 0. The lowest BCUT2D eigenvalue weighted by atomic mass is 10.2. The lowest BCUT2D eigenvalue weighted by Gasteiger charge is -2.04. The summed E-state index contributed by atoms with van der Waals surface area (Å²) in [6, 6.07) is 8.12. The minimum Gasteiger partial charge on any atom is -0.384 e. The van der Waals surface area contributed by atoms with Crippen LogP contribution in [0.3, 0.4) is 0 Å². The van der Waals surface area contributed by atoms with Crippen LogP contribution in [0.5, 0.6) is 0 Å². The predicted octanol–water partition coefficient (Wildman–Crippen LogP) is 1.96. The number of nitrogen functional groups attached to an aromatic ring is 1. The normalized spacial score (nSPS) is 9.94. The average molecular weight is 249 g/mol. The molecule has 2 rings (SSSR count). The van der Waals surface area contributed by atoms with E-state index in [1.54, 1.807) is 24.3 Å². The monoisotopic (exact) mass is 248 g/mol. The number of nitrogens with one attached hydrogen (secondary N) is 1. The first-order valence-electron chi connectivity index (χ1n) is 4.80. The Morgan fingerprint density at radius 3 is 2.88 bits per heavy atom. The van der Waals surface area contributed by atoms with Crippen molar-refractivity contribution in [2.45, 2.75) is 0 Å². The summed E-state index contributed by atoms with van der Waals surface area (Å²) >= 11 is 5.79. The second-order valence-corrected chi connectivity index (χ2v) is 3.71. The lowest BCUT2D eigenvalue weighted by Crippen LogP contribution is -2.14. The molecule has 0 aliphatic heterocycles. The van der Waals surface area contributed by atoms with Crippen LogP contribution >= 0.6 is 11.6 Å². The number of halogens is 1. The maximum atomic E-state index is 11.8. The fraction of sp³-hybridized carbons (Fsp3) is 0.